The number of carboxylic acid groups (broad SMARTS) is 1. The molecule has 0 aliphatic heterocycles. The van der Waals surface area contributed by atoms with Crippen LogP contribution in [0.1, 0.15) is 36.5 Å². The van der Waals surface area contributed by atoms with Crippen molar-refractivity contribution >= 4 is 12.0 Å². The van der Waals surface area contributed by atoms with Crippen LogP contribution in [0.25, 0.3) is 6.08 Å². The van der Waals surface area contributed by atoms with Crippen LogP contribution in [-0.4, -0.2) is 11.1 Å². The summed E-state index contributed by atoms with van der Waals surface area (Å²) in [6.07, 6.45) is 1.33. The average molecular weight is 321 g/mol. The van der Waals surface area contributed by atoms with Crippen molar-refractivity contribution in [1.82, 2.24) is 0 Å². The number of aryl methyl sites for hydroxylation is 1. The third-order valence-electron chi connectivity index (χ3n) is 3.56. The van der Waals surface area contributed by atoms with Crippen molar-refractivity contribution in [2.45, 2.75) is 26.7 Å². The lowest BCUT2D eigenvalue weighted by Gasteiger charge is -2.14. The van der Waals surface area contributed by atoms with Crippen molar-refractivity contribution in [3.63, 3.8) is 0 Å². The molecule has 1 N–H and O–H groups in total. The number of carbonyl (C=O) groups is 1. The predicted octanol–water partition coefficient (Wildman–Crippen LogP) is 4.90. The van der Waals surface area contributed by atoms with E-state index < -0.39 is 5.97 Å². The molecule has 0 heterocycles. The zero-order valence-electron chi connectivity index (χ0n) is 13.9. The molecule has 2 rings (SSSR count). The normalized spacial score (nSPS) is 11.2. The minimum Gasteiger partial charge on any atom is -0.477 e. The maximum absolute atomic E-state index is 10.9. The van der Waals surface area contributed by atoms with Gasteiger partial charge in [0, 0.05) is 0 Å². The molecule has 0 amide bonds. The molecule has 24 heavy (non-hydrogen) atoms. The first-order valence-electron chi connectivity index (χ1n) is 7.64. The monoisotopic (exact) mass is 321 g/mol. The Bertz CT molecular complexity index is 812. The van der Waals surface area contributed by atoms with Crippen LogP contribution in [0.2, 0.25) is 0 Å². The second-order valence-corrected chi connectivity index (χ2v) is 5.84. The van der Waals surface area contributed by atoms with Crippen LogP contribution in [0.15, 0.2) is 48.0 Å². The minimum atomic E-state index is -1.24. The van der Waals surface area contributed by atoms with Crippen LogP contribution in [-0.2, 0) is 4.79 Å². The molecule has 0 radical (unpaired) electrons. The maximum atomic E-state index is 10.9. The number of benzene rings is 2. The Morgan fingerprint density at radius 1 is 1.21 bits per heavy atom. The van der Waals surface area contributed by atoms with Crippen LogP contribution in [0, 0.1) is 18.3 Å². The summed E-state index contributed by atoms with van der Waals surface area (Å²) in [5.41, 5.74) is 2.58. The van der Waals surface area contributed by atoms with Gasteiger partial charge >= 0.3 is 5.97 Å². The van der Waals surface area contributed by atoms with Gasteiger partial charge in [-0.1, -0.05) is 38.1 Å². The van der Waals surface area contributed by atoms with Crippen LogP contribution in [0.5, 0.6) is 11.5 Å². The van der Waals surface area contributed by atoms with Crippen molar-refractivity contribution in [3.8, 4) is 17.6 Å². The van der Waals surface area contributed by atoms with E-state index in [1.54, 1.807) is 30.3 Å². The molecule has 4 nitrogen and oxygen atoms in total. The average Bonchev–Trinajstić information content (AvgIpc) is 2.53. The molecule has 0 bridgehead atoms. The van der Waals surface area contributed by atoms with E-state index in [1.165, 1.54) is 6.08 Å². The zero-order valence-corrected chi connectivity index (χ0v) is 13.9. The molecule has 0 unspecified atom stereocenters. The molecular formula is C20H19NO3. The third-order valence-corrected chi connectivity index (χ3v) is 3.56. The molecule has 0 atom stereocenters. The molecule has 4 heteroatoms. The van der Waals surface area contributed by atoms with E-state index >= 15 is 0 Å². The zero-order chi connectivity index (χ0) is 17.7. The molecule has 0 spiro atoms. The van der Waals surface area contributed by atoms with Gasteiger partial charge in [0.05, 0.1) is 0 Å². The molecule has 0 fully saturated rings. The van der Waals surface area contributed by atoms with E-state index in [-0.39, 0.29) is 5.57 Å². The fraction of sp³-hybridized carbons (Fsp3) is 0.200. The van der Waals surface area contributed by atoms with Gasteiger partial charge in [-0.15, -0.1) is 0 Å². The lowest BCUT2D eigenvalue weighted by molar-refractivity contribution is -0.132. The highest BCUT2D eigenvalue weighted by atomic mass is 16.5. The number of nitrogens with zero attached hydrogens (tertiary/aromatic N) is 1. The van der Waals surface area contributed by atoms with Gasteiger partial charge < -0.3 is 9.84 Å². The third kappa shape index (κ3) is 4.23. The fourth-order valence-electron chi connectivity index (χ4n) is 2.27. The Hall–Kier alpha value is -3.06. The van der Waals surface area contributed by atoms with E-state index in [0.717, 1.165) is 16.9 Å². The highest BCUT2D eigenvalue weighted by Crippen LogP contribution is 2.31. The summed E-state index contributed by atoms with van der Waals surface area (Å²) in [5.74, 6) is 0.584. The van der Waals surface area contributed by atoms with E-state index in [2.05, 4.69) is 26.0 Å². The predicted molar refractivity (Wildman–Crippen MR) is 93.0 cm³/mol. The second kappa shape index (κ2) is 7.47. The van der Waals surface area contributed by atoms with Crippen LogP contribution >= 0.6 is 0 Å². The molecule has 2 aromatic rings. The largest absolute Gasteiger partial charge is 0.477 e. The summed E-state index contributed by atoms with van der Waals surface area (Å²) in [6, 6.07) is 14.8. The minimum absolute atomic E-state index is 0.301. The summed E-state index contributed by atoms with van der Waals surface area (Å²) >= 11 is 0. The number of carboxylic acids is 1. The number of hydrogen-bond donors (Lipinski definition) is 1. The van der Waals surface area contributed by atoms with E-state index in [0.29, 0.717) is 17.2 Å². The number of hydrogen-bond acceptors (Lipinski definition) is 3. The van der Waals surface area contributed by atoms with E-state index in [1.807, 2.05) is 13.0 Å². The summed E-state index contributed by atoms with van der Waals surface area (Å²) in [7, 11) is 0. The number of aliphatic carboxylic acids is 1. The van der Waals surface area contributed by atoms with E-state index in [9.17, 15) is 4.79 Å². The first kappa shape index (κ1) is 17.3. The first-order chi connectivity index (χ1) is 11.4. The summed E-state index contributed by atoms with van der Waals surface area (Å²) in [5, 5.41) is 17.7. The summed E-state index contributed by atoms with van der Waals surface area (Å²) < 4.78 is 5.98. The molecule has 0 aliphatic rings. The number of ether oxygens (including phenoxy) is 1. The van der Waals surface area contributed by atoms with Crippen molar-refractivity contribution < 1.29 is 14.6 Å². The Labute approximate surface area is 141 Å². The van der Waals surface area contributed by atoms with Gasteiger partial charge in [0.2, 0.25) is 0 Å². The summed E-state index contributed by atoms with van der Waals surface area (Å²) in [6.45, 7) is 6.24. The highest BCUT2D eigenvalue weighted by Gasteiger charge is 2.10. The molecule has 2 aromatic carbocycles. The van der Waals surface area contributed by atoms with Gasteiger partial charge in [-0.2, -0.15) is 5.26 Å². The SMILES string of the molecule is Cc1ccc(C(C)C)c(Oc2ccc(C=C(C#N)C(=O)O)cc2)c1. The summed E-state index contributed by atoms with van der Waals surface area (Å²) in [4.78, 5) is 10.9. The van der Waals surface area contributed by atoms with Crippen molar-refractivity contribution in [2.24, 2.45) is 0 Å². The Balaban J connectivity index is 2.26. The molecule has 0 saturated heterocycles. The van der Waals surface area contributed by atoms with Gasteiger partial charge in [-0.25, -0.2) is 4.79 Å². The van der Waals surface area contributed by atoms with Gasteiger partial charge in [0.25, 0.3) is 0 Å². The fourth-order valence-corrected chi connectivity index (χ4v) is 2.27. The number of rotatable bonds is 5. The molecule has 0 aliphatic carbocycles. The van der Waals surface area contributed by atoms with Crippen LogP contribution in [0.4, 0.5) is 0 Å². The standard InChI is InChI=1S/C20H19NO3/c1-13(2)18-9-4-14(3)10-19(18)24-17-7-5-15(6-8-17)11-16(12-21)20(22)23/h4-11,13H,1-3H3,(H,22,23). The van der Waals surface area contributed by atoms with Gasteiger partial charge in [0.1, 0.15) is 23.1 Å². The van der Waals surface area contributed by atoms with Crippen molar-refractivity contribution in [2.75, 3.05) is 0 Å². The van der Waals surface area contributed by atoms with Crippen LogP contribution in [0.3, 0.4) is 0 Å². The lowest BCUT2D eigenvalue weighted by Crippen LogP contribution is -1.97. The quantitative estimate of drug-likeness (QED) is 0.628. The Kier molecular flexibility index (Phi) is 5.39. The van der Waals surface area contributed by atoms with Crippen LogP contribution < -0.4 is 4.74 Å². The lowest BCUT2D eigenvalue weighted by atomic mass is 10.0. The number of nitriles is 1. The van der Waals surface area contributed by atoms with Gasteiger partial charge in [-0.05, 0) is 53.8 Å². The highest BCUT2D eigenvalue weighted by molar-refractivity contribution is 5.96. The Morgan fingerprint density at radius 3 is 2.42 bits per heavy atom. The second-order valence-electron chi connectivity index (χ2n) is 5.84. The topological polar surface area (TPSA) is 70.3 Å². The van der Waals surface area contributed by atoms with Gasteiger partial charge in [-0.3, -0.25) is 0 Å². The van der Waals surface area contributed by atoms with Crippen molar-refractivity contribution in [3.05, 3.63) is 64.7 Å². The Morgan fingerprint density at radius 2 is 1.88 bits per heavy atom. The molecule has 0 aromatic heterocycles. The van der Waals surface area contributed by atoms with E-state index in [4.69, 9.17) is 15.1 Å². The maximum Gasteiger partial charge on any atom is 0.346 e. The molecule has 122 valence electrons. The molecular weight excluding hydrogens is 302 g/mol. The first-order valence-corrected chi connectivity index (χ1v) is 7.64. The smallest absolute Gasteiger partial charge is 0.346 e. The molecule has 0 saturated carbocycles. The van der Waals surface area contributed by atoms with Crippen molar-refractivity contribution in [1.29, 1.82) is 5.26 Å². The van der Waals surface area contributed by atoms with Gasteiger partial charge in [0.15, 0.2) is 0 Å².